The molecule has 6 nitrogen and oxygen atoms in total. The number of ether oxygens (including phenoxy) is 2. The summed E-state index contributed by atoms with van der Waals surface area (Å²) in [6.45, 7) is 7.74. The molecule has 0 N–H and O–H groups in total. The van der Waals surface area contributed by atoms with Gasteiger partial charge in [0.15, 0.2) is 0 Å². The van der Waals surface area contributed by atoms with E-state index in [9.17, 15) is 14.4 Å². The summed E-state index contributed by atoms with van der Waals surface area (Å²) in [6, 6.07) is 7.58. The molecule has 0 aliphatic carbocycles. The summed E-state index contributed by atoms with van der Waals surface area (Å²) in [7, 11) is 2.53. The van der Waals surface area contributed by atoms with E-state index >= 15 is 0 Å². The molecular formula is C23H25NO5S3. The van der Waals surface area contributed by atoms with Crippen LogP contribution in [0.5, 0.6) is 0 Å². The molecule has 2 aliphatic rings. The lowest BCUT2D eigenvalue weighted by atomic mass is 9.82. The number of thiocarbonyl (C=S) groups is 1. The van der Waals surface area contributed by atoms with Gasteiger partial charge in [0.1, 0.15) is 9.81 Å². The van der Waals surface area contributed by atoms with Crippen molar-refractivity contribution in [3.05, 3.63) is 43.9 Å². The molecule has 1 atom stereocenters. The maximum atomic E-state index is 13.4. The highest BCUT2D eigenvalue weighted by atomic mass is 32.2. The third-order valence-electron chi connectivity index (χ3n) is 5.55. The largest absolute Gasteiger partial charge is 0.465 e. The van der Waals surface area contributed by atoms with E-state index in [0.29, 0.717) is 9.10 Å². The highest BCUT2D eigenvalue weighted by Gasteiger charge is 2.46. The average Bonchev–Trinajstić information content (AvgIpc) is 3.22. The molecule has 0 fully saturated rings. The van der Waals surface area contributed by atoms with Gasteiger partial charge in [-0.25, -0.2) is 9.59 Å². The molecule has 0 bridgehead atoms. The van der Waals surface area contributed by atoms with Gasteiger partial charge in [0.25, 0.3) is 0 Å². The van der Waals surface area contributed by atoms with Gasteiger partial charge in [-0.05, 0) is 26.3 Å². The number of thioether (sulfide) groups is 2. The quantitative estimate of drug-likeness (QED) is 0.333. The molecule has 2 heterocycles. The number of benzene rings is 1. The van der Waals surface area contributed by atoms with Crippen LogP contribution in [0.1, 0.15) is 39.7 Å². The van der Waals surface area contributed by atoms with Gasteiger partial charge in [-0.1, -0.05) is 67.8 Å². The van der Waals surface area contributed by atoms with Crippen LogP contribution >= 0.6 is 35.7 Å². The number of methoxy groups -OCH3 is 2. The van der Waals surface area contributed by atoms with Gasteiger partial charge >= 0.3 is 11.9 Å². The second-order valence-electron chi connectivity index (χ2n) is 7.90. The zero-order valence-electron chi connectivity index (χ0n) is 18.8. The highest BCUT2D eigenvalue weighted by Crippen LogP contribution is 2.56. The van der Waals surface area contributed by atoms with E-state index in [0.717, 1.165) is 46.8 Å². The number of nitrogens with zero attached hydrogens (tertiary/aromatic N) is 1. The molecular weight excluding hydrogens is 466 g/mol. The minimum Gasteiger partial charge on any atom is -0.465 e. The maximum absolute atomic E-state index is 13.4. The normalized spacial score (nSPS) is 18.4. The Labute approximate surface area is 201 Å². The minimum atomic E-state index is -0.785. The number of para-hydroxylation sites is 1. The van der Waals surface area contributed by atoms with Crippen LogP contribution in [-0.2, 0) is 23.9 Å². The predicted molar refractivity (Wildman–Crippen MR) is 133 cm³/mol. The SMILES string of the molecule is CC[C@@H](C)C(=O)N1c2ccccc2C(=C2SC(C(=O)OC)=C(C(=O)OC)S2)C(=S)C1(C)C. The van der Waals surface area contributed by atoms with Gasteiger partial charge in [0.2, 0.25) is 5.91 Å². The molecule has 32 heavy (non-hydrogen) atoms. The van der Waals surface area contributed by atoms with Gasteiger partial charge in [0, 0.05) is 17.1 Å². The molecule has 0 radical (unpaired) electrons. The second kappa shape index (κ2) is 9.41. The smallest absolute Gasteiger partial charge is 0.346 e. The van der Waals surface area contributed by atoms with Crippen LogP contribution < -0.4 is 4.90 Å². The number of anilines is 1. The Morgan fingerprint density at radius 3 is 2.09 bits per heavy atom. The fourth-order valence-corrected chi connectivity index (χ4v) is 6.59. The lowest BCUT2D eigenvalue weighted by molar-refractivity contribution is -0.138. The number of carbonyl (C=O) groups is 3. The topological polar surface area (TPSA) is 72.9 Å². The number of carbonyl (C=O) groups excluding carboxylic acids is 3. The van der Waals surface area contributed by atoms with Gasteiger partial charge < -0.3 is 14.4 Å². The average molecular weight is 492 g/mol. The Morgan fingerprint density at radius 1 is 1.06 bits per heavy atom. The molecule has 170 valence electrons. The number of hydrogen-bond donors (Lipinski definition) is 0. The minimum absolute atomic E-state index is 0.00621. The van der Waals surface area contributed by atoms with Crippen LogP contribution in [0.15, 0.2) is 38.3 Å². The van der Waals surface area contributed by atoms with Crippen molar-refractivity contribution in [1.82, 2.24) is 0 Å². The van der Waals surface area contributed by atoms with Crippen LogP contribution in [0.4, 0.5) is 5.69 Å². The number of hydrogen-bond acceptors (Lipinski definition) is 8. The summed E-state index contributed by atoms with van der Waals surface area (Å²) in [6.07, 6.45) is 0.717. The molecule has 1 aromatic carbocycles. The molecule has 9 heteroatoms. The van der Waals surface area contributed by atoms with Crippen molar-refractivity contribution in [1.29, 1.82) is 0 Å². The van der Waals surface area contributed by atoms with E-state index in [2.05, 4.69) is 0 Å². The van der Waals surface area contributed by atoms with Crippen molar-refractivity contribution in [2.24, 2.45) is 5.92 Å². The van der Waals surface area contributed by atoms with E-state index in [1.54, 1.807) is 4.90 Å². The Kier molecular flexibility index (Phi) is 7.21. The van der Waals surface area contributed by atoms with Crippen molar-refractivity contribution in [2.45, 2.75) is 39.7 Å². The van der Waals surface area contributed by atoms with Crippen molar-refractivity contribution < 1.29 is 23.9 Å². The molecule has 1 amide bonds. The first-order valence-electron chi connectivity index (χ1n) is 10.1. The van der Waals surface area contributed by atoms with Gasteiger partial charge in [-0.3, -0.25) is 4.79 Å². The predicted octanol–water partition coefficient (Wildman–Crippen LogP) is 4.93. The number of amides is 1. The summed E-state index contributed by atoms with van der Waals surface area (Å²) in [5, 5.41) is 0. The molecule has 0 saturated carbocycles. The molecule has 0 saturated heterocycles. The molecule has 1 aromatic rings. The number of rotatable bonds is 4. The van der Waals surface area contributed by atoms with E-state index < -0.39 is 17.5 Å². The fourth-order valence-electron chi connectivity index (χ4n) is 3.56. The lowest BCUT2D eigenvalue weighted by Gasteiger charge is -2.46. The highest BCUT2D eigenvalue weighted by molar-refractivity contribution is 8.29. The van der Waals surface area contributed by atoms with Crippen LogP contribution in [0.25, 0.3) is 5.57 Å². The third-order valence-corrected chi connectivity index (χ3v) is 8.81. The summed E-state index contributed by atoms with van der Waals surface area (Å²) in [4.78, 5) is 40.7. The van der Waals surface area contributed by atoms with E-state index in [1.807, 2.05) is 52.0 Å². The van der Waals surface area contributed by atoms with Crippen LogP contribution in [0, 0.1) is 5.92 Å². The van der Waals surface area contributed by atoms with Crippen molar-refractivity contribution in [3.63, 3.8) is 0 Å². The Bertz CT molecular complexity index is 1040. The summed E-state index contributed by atoms with van der Waals surface area (Å²) in [5.74, 6) is -1.37. The maximum Gasteiger partial charge on any atom is 0.346 e. The Hall–Kier alpha value is -2.10. The third kappa shape index (κ3) is 4.02. The van der Waals surface area contributed by atoms with Gasteiger partial charge in [-0.2, -0.15) is 0 Å². The second-order valence-corrected chi connectivity index (χ2v) is 10.6. The molecule has 2 aliphatic heterocycles. The molecule has 0 aromatic heterocycles. The van der Waals surface area contributed by atoms with E-state index in [1.165, 1.54) is 14.2 Å². The summed E-state index contributed by atoms with van der Waals surface area (Å²) < 4.78 is 10.4. The number of esters is 2. The first kappa shape index (κ1) is 24.5. The lowest BCUT2D eigenvalue weighted by Crippen LogP contribution is -2.57. The zero-order valence-corrected chi connectivity index (χ0v) is 21.3. The molecule has 0 spiro atoms. The van der Waals surface area contributed by atoms with Gasteiger partial charge in [0.05, 0.1) is 34.5 Å². The van der Waals surface area contributed by atoms with Crippen molar-refractivity contribution >= 4 is 69.7 Å². The van der Waals surface area contributed by atoms with Crippen LogP contribution in [-0.4, -0.2) is 42.5 Å². The van der Waals surface area contributed by atoms with E-state index in [4.69, 9.17) is 21.7 Å². The molecule has 0 unspecified atom stereocenters. The van der Waals surface area contributed by atoms with Gasteiger partial charge in [-0.15, -0.1) is 0 Å². The Balaban J connectivity index is 2.21. The van der Waals surface area contributed by atoms with E-state index in [-0.39, 0.29) is 21.6 Å². The fraction of sp³-hybridized carbons (Fsp3) is 0.391. The summed E-state index contributed by atoms with van der Waals surface area (Å²) in [5.41, 5.74) is 1.50. The summed E-state index contributed by atoms with van der Waals surface area (Å²) >= 11 is 8.22. The monoisotopic (exact) mass is 491 g/mol. The standard InChI is InChI=1S/C23H25NO5S3/c1-7-12(2)19(25)24-14-11-9-8-10-13(14)15(18(30)23(24,3)4)22-31-16(20(26)28-5)17(32-22)21(27)29-6/h8-12H,7H2,1-6H3/t12-/m1/s1. The number of fused-ring (bicyclic) bond motifs is 1. The van der Waals surface area contributed by atoms with Crippen molar-refractivity contribution in [3.8, 4) is 0 Å². The first-order chi connectivity index (χ1) is 15.1. The Morgan fingerprint density at radius 2 is 1.59 bits per heavy atom. The van der Waals surface area contributed by atoms with Crippen LogP contribution in [0.3, 0.4) is 0 Å². The molecule has 3 rings (SSSR count). The van der Waals surface area contributed by atoms with Crippen molar-refractivity contribution in [2.75, 3.05) is 19.1 Å². The first-order valence-corrected chi connectivity index (χ1v) is 12.1. The van der Waals surface area contributed by atoms with Crippen LogP contribution in [0.2, 0.25) is 0 Å². The zero-order chi connectivity index (χ0) is 23.8.